The van der Waals surface area contributed by atoms with Crippen molar-refractivity contribution in [3.63, 3.8) is 0 Å². The molecule has 1 aromatic carbocycles. The van der Waals surface area contributed by atoms with Gasteiger partial charge in [0.1, 0.15) is 12.1 Å². The number of hydrogen-bond acceptors (Lipinski definition) is 4. The molecule has 18 heavy (non-hydrogen) atoms. The third-order valence-corrected chi connectivity index (χ3v) is 3.13. The predicted molar refractivity (Wildman–Crippen MR) is 74.4 cm³/mol. The maximum Gasteiger partial charge on any atom is 0.144 e. The Morgan fingerprint density at radius 2 is 2.06 bits per heavy atom. The van der Waals surface area contributed by atoms with Gasteiger partial charge in [-0.05, 0) is 27.9 Å². The van der Waals surface area contributed by atoms with Crippen LogP contribution >= 0.6 is 15.9 Å². The summed E-state index contributed by atoms with van der Waals surface area (Å²) in [5.41, 5.74) is 1.18. The number of halogens is 1. The number of aliphatic hydroxyl groups excluding tert-OH is 1. The number of benzene rings is 1. The van der Waals surface area contributed by atoms with Crippen molar-refractivity contribution >= 4 is 21.7 Å². The highest BCUT2D eigenvalue weighted by Gasteiger charge is 2.10. The molecule has 0 aliphatic rings. The lowest BCUT2D eigenvalue weighted by molar-refractivity contribution is 0.273. The van der Waals surface area contributed by atoms with Crippen molar-refractivity contribution in [1.82, 2.24) is 9.97 Å². The molecule has 0 saturated carbocycles. The molecule has 0 radical (unpaired) electrons. The van der Waals surface area contributed by atoms with Crippen molar-refractivity contribution in [1.29, 1.82) is 0 Å². The molecule has 4 nitrogen and oxygen atoms in total. The highest BCUT2D eigenvalue weighted by molar-refractivity contribution is 9.10. The van der Waals surface area contributed by atoms with E-state index in [4.69, 9.17) is 0 Å². The second kappa shape index (κ2) is 6.47. The van der Waals surface area contributed by atoms with Crippen LogP contribution in [-0.2, 0) is 6.42 Å². The van der Waals surface area contributed by atoms with Crippen LogP contribution in [0, 0.1) is 0 Å². The molecule has 2 aromatic rings. The van der Waals surface area contributed by atoms with E-state index >= 15 is 0 Å². The smallest absolute Gasteiger partial charge is 0.144 e. The van der Waals surface area contributed by atoms with Gasteiger partial charge < -0.3 is 10.4 Å². The van der Waals surface area contributed by atoms with E-state index in [1.165, 1.54) is 11.9 Å². The zero-order valence-electron chi connectivity index (χ0n) is 9.75. The molecule has 1 atom stereocenters. The van der Waals surface area contributed by atoms with E-state index in [9.17, 15) is 5.11 Å². The van der Waals surface area contributed by atoms with E-state index in [-0.39, 0.29) is 12.6 Å². The van der Waals surface area contributed by atoms with Crippen LogP contribution in [0.4, 0.5) is 5.82 Å². The van der Waals surface area contributed by atoms with Gasteiger partial charge in [0.15, 0.2) is 0 Å². The van der Waals surface area contributed by atoms with E-state index in [1.54, 1.807) is 6.20 Å². The van der Waals surface area contributed by atoms with Crippen molar-refractivity contribution in [2.75, 3.05) is 11.9 Å². The van der Waals surface area contributed by atoms with Crippen LogP contribution in [0.1, 0.15) is 5.56 Å². The van der Waals surface area contributed by atoms with Gasteiger partial charge in [-0.25, -0.2) is 9.97 Å². The van der Waals surface area contributed by atoms with Crippen LogP contribution in [0.3, 0.4) is 0 Å². The van der Waals surface area contributed by atoms with Crippen molar-refractivity contribution in [3.8, 4) is 0 Å². The predicted octanol–water partition coefficient (Wildman–Crippen LogP) is 2.25. The van der Waals surface area contributed by atoms with Gasteiger partial charge in [-0.2, -0.15) is 0 Å². The third-order valence-electron chi connectivity index (χ3n) is 2.55. The summed E-state index contributed by atoms with van der Waals surface area (Å²) in [5, 5.41) is 12.6. The van der Waals surface area contributed by atoms with E-state index in [1.807, 2.05) is 30.3 Å². The molecule has 5 heteroatoms. The molecule has 1 unspecified atom stereocenters. The summed E-state index contributed by atoms with van der Waals surface area (Å²) in [6.45, 7) is 0.0470. The van der Waals surface area contributed by atoms with Gasteiger partial charge in [-0.3, -0.25) is 0 Å². The van der Waals surface area contributed by atoms with Gasteiger partial charge in [0, 0.05) is 6.20 Å². The highest BCUT2D eigenvalue weighted by atomic mass is 79.9. The average Bonchev–Trinajstić information content (AvgIpc) is 2.41. The fraction of sp³-hybridized carbons (Fsp3) is 0.231. The van der Waals surface area contributed by atoms with Crippen LogP contribution < -0.4 is 5.32 Å². The Balaban J connectivity index is 2.04. The van der Waals surface area contributed by atoms with Crippen molar-refractivity contribution < 1.29 is 5.11 Å². The molecule has 2 rings (SSSR count). The Morgan fingerprint density at radius 1 is 1.28 bits per heavy atom. The SMILES string of the molecule is OCC(Cc1ccccc1)Nc1ncncc1Br. The van der Waals surface area contributed by atoms with Gasteiger partial charge in [0.05, 0.1) is 17.1 Å². The summed E-state index contributed by atoms with van der Waals surface area (Å²) < 4.78 is 0.788. The number of aromatic nitrogens is 2. The van der Waals surface area contributed by atoms with Gasteiger partial charge in [-0.15, -0.1) is 0 Å². The summed E-state index contributed by atoms with van der Waals surface area (Å²) in [7, 11) is 0. The first-order valence-electron chi connectivity index (χ1n) is 5.66. The fourth-order valence-electron chi connectivity index (χ4n) is 1.67. The van der Waals surface area contributed by atoms with Crippen LogP contribution in [0.2, 0.25) is 0 Å². The molecule has 0 aliphatic carbocycles. The molecule has 94 valence electrons. The Labute approximate surface area is 114 Å². The molecule has 0 spiro atoms. The number of hydrogen-bond donors (Lipinski definition) is 2. The number of nitrogens with one attached hydrogen (secondary N) is 1. The lowest BCUT2D eigenvalue weighted by Crippen LogP contribution is -2.27. The lowest BCUT2D eigenvalue weighted by atomic mass is 10.1. The molecule has 1 aromatic heterocycles. The number of nitrogens with zero attached hydrogens (tertiary/aromatic N) is 2. The van der Waals surface area contributed by atoms with E-state index < -0.39 is 0 Å². The largest absolute Gasteiger partial charge is 0.394 e. The summed E-state index contributed by atoms with van der Waals surface area (Å²) in [4.78, 5) is 8.03. The van der Waals surface area contributed by atoms with E-state index in [0.717, 1.165) is 10.9 Å². The molecule has 0 bridgehead atoms. The first kappa shape index (κ1) is 13.0. The Kier molecular flexibility index (Phi) is 4.66. The van der Waals surface area contributed by atoms with Crippen molar-refractivity contribution in [2.45, 2.75) is 12.5 Å². The normalized spacial score (nSPS) is 12.1. The quantitative estimate of drug-likeness (QED) is 0.889. The Morgan fingerprint density at radius 3 is 2.72 bits per heavy atom. The van der Waals surface area contributed by atoms with Crippen LogP contribution in [0.15, 0.2) is 47.3 Å². The zero-order chi connectivity index (χ0) is 12.8. The van der Waals surface area contributed by atoms with Gasteiger partial charge in [0.25, 0.3) is 0 Å². The van der Waals surface area contributed by atoms with Crippen molar-refractivity contribution in [2.24, 2.45) is 0 Å². The minimum Gasteiger partial charge on any atom is -0.394 e. The second-order valence-electron chi connectivity index (χ2n) is 3.93. The first-order valence-corrected chi connectivity index (χ1v) is 6.45. The van der Waals surface area contributed by atoms with E-state index in [0.29, 0.717) is 5.82 Å². The Hall–Kier alpha value is -1.46. The minimum absolute atomic E-state index is 0.0470. The summed E-state index contributed by atoms with van der Waals surface area (Å²) in [6.07, 6.45) is 3.89. The average molecular weight is 308 g/mol. The molecule has 0 aliphatic heterocycles. The summed E-state index contributed by atoms with van der Waals surface area (Å²) >= 11 is 3.37. The molecule has 0 saturated heterocycles. The molecular formula is C13H14BrN3O. The monoisotopic (exact) mass is 307 g/mol. The van der Waals surface area contributed by atoms with Crippen molar-refractivity contribution in [3.05, 3.63) is 52.9 Å². The maximum atomic E-state index is 9.42. The van der Waals surface area contributed by atoms with E-state index in [2.05, 4.69) is 31.2 Å². The topological polar surface area (TPSA) is 58.0 Å². The third kappa shape index (κ3) is 3.51. The molecule has 1 heterocycles. The van der Waals surface area contributed by atoms with Crippen LogP contribution in [0.5, 0.6) is 0 Å². The standard InChI is InChI=1S/C13H14BrN3O/c14-12-7-15-9-16-13(12)17-11(8-18)6-10-4-2-1-3-5-10/h1-5,7,9,11,18H,6,8H2,(H,15,16,17). The van der Waals surface area contributed by atoms with Crippen LogP contribution in [-0.4, -0.2) is 27.7 Å². The first-order chi connectivity index (χ1) is 8.79. The molecular weight excluding hydrogens is 294 g/mol. The van der Waals surface area contributed by atoms with Gasteiger partial charge in [0.2, 0.25) is 0 Å². The number of aliphatic hydroxyl groups is 1. The minimum atomic E-state index is -0.0707. The fourth-order valence-corrected chi connectivity index (χ4v) is 2.01. The number of anilines is 1. The summed E-state index contributed by atoms with van der Waals surface area (Å²) in [6, 6.07) is 9.97. The Bertz CT molecular complexity index is 493. The van der Waals surface area contributed by atoms with Gasteiger partial charge >= 0.3 is 0 Å². The molecule has 0 amide bonds. The lowest BCUT2D eigenvalue weighted by Gasteiger charge is -2.17. The number of rotatable bonds is 5. The second-order valence-corrected chi connectivity index (χ2v) is 4.79. The highest BCUT2D eigenvalue weighted by Crippen LogP contribution is 2.18. The molecule has 2 N–H and O–H groups in total. The molecule has 0 fully saturated rings. The zero-order valence-corrected chi connectivity index (χ0v) is 11.3. The van der Waals surface area contributed by atoms with Gasteiger partial charge in [-0.1, -0.05) is 30.3 Å². The maximum absolute atomic E-state index is 9.42. The summed E-state index contributed by atoms with van der Waals surface area (Å²) in [5.74, 6) is 0.694. The van der Waals surface area contributed by atoms with Crippen LogP contribution in [0.25, 0.3) is 0 Å².